The summed E-state index contributed by atoms with van der Waals surface area (Å²) in [5, 5.41) is 4.64. The third kappa shape index (κ3) is 6.42. The summed E-state index contributed by atoms with van der Waals surface area (Å²) in [6.07, 6.45) is 4.41. The monoisotopic (exact) mass is 651 g/mol. The Bertz CT molecular complexity index is 1830. The van der Waals surface area contributed by atoms with E-state index >= 15 is 0 Å². The van der Waals surface area contributed by atoms with Gasteiger partial charge < -0.3 is 14.4 Å². The topological polar surface area (TPSA) is 141 Å². The lowest BCUT2D eigenvalue weighted by Crippen LogP contribution is -2.48. The fourth-order valence-electron chi connectivity index (χ4n) is 5.89. The molecule has 15 heteroatoms. The Morgan fingerprint density at radius 3 is 2.46 bits per heavy atom. The maximum absolute atomic E-state index is 13.9. The standard InChI is InChI=1S/C31H41N9O5S/c1-4-8-25-27-28(35-40(25)26-9-6-7-10-32-26)31(41)36(3)29(34-27)24-21-23(46(42,43)39-13-11-37(5-2)12-14-39)22-33-30(24)45-20-17-38-15-18-44-19-16-38/h6-7,9-10,21-22H,4-5,8,11-20H2,1-3H3. The van der Waals surface area contributed by atoms with Crippen LogP contribution in [-0.4, -0.2) is 124 Å². The maximum Gasteiger partial charge on any atom is 0.281 e. The van der Waals surface area contributed by atoms with Crippen molar-refractivity contribution in [1.29, 1.82) is 0 Å². The molecule has 2 saturated heterocycles. The van der Waals surface area contributed by atoms with Crippen LogP contribution in [0.1, 0.15) is 26.0 Å². The fourth-order valence-corrected chi connectivity index (χ4v) is 7.29. The molecule has 0 aliphatic carbocycles. The van der Waals surface area contributed by atoms with E-state index in [2.05, 4.69) is 31.8 Å². The Labute approximate surface area is 268 Å². The quantitative estimate of drug-likeness (QED) is 0.233. The summed E-state index contributed by atoms with van der Waals surface area (Å²) in [6, 6.07) is 7.05. The summed E-state index contributed by atoms with van der Waals surface area (Å²) in [6.45, 7) is 11.0. The number of fused-ring (bicyclic) bond motifs is 1. The molecule has 46 heavy (non-hydrogen) atoms. The molecule has 14 nitrogen and oxygen atoms in total. The smallest absolute Gasteiger partial charge is 0.281 e. The molecule has 246 valence electrons. The third-order valence-corrected chi connectivity index (χ3v) is 10.4. The van der Waals surface area contributed by atoms with Gasteiger partial charge in [-0.3, -0.25) is 14.3 Å². The van der Waals surface area contributed by atoms with Gasteiger partial charge in [-0.1, -0.05) is 26.3 Å². The Morgan fingerprint density at radius 2 is 1.76 bits per heavy atom. The number of aromatic nitrogens is 6. The SMILES string of the molecule is CCCc1c2nc(-c3cc(S(=O)(=O)N4CCN(CC)CC4)cnc3OCCN3CCOCC3)n(C)c(=O)c2nn1-c1ccccn1. The van der Waals surface area contributed by atoms with Gasteiger partial charge in [-0.05, 0) is 31.2 Å². The molecule has 6 heterocycles. The minimum atomic E-state index is -3.87. The molecule has 0 amide bonds. The van der Waals surface area contributed by atoms with Crippen molar-refractivity contribution in [1.82, 2.24) is 43.4 Å². The minimum Gasteiger partial charge on any atom is -0.476 e. The largest absolute Gasteiger partial charge is 0.476 e. The van der Waals surface area contributed by atoms with Crippen molar-refractivity contribution >= 4 is 21.1 Å². The fraction of sp³-hybridized carbons (Fsp3) is 0.516. The van der Waals surface area contributed by atoms with Crippen LogP contribution in [0.25, 0.3) is 28.2 Å². The first-order valence-electron chi connectivity index (χ1n) is 15.9. The summed E-state index contributed by atoms with van der Waals surface area (Å²) in [7, 11) is -2.26. The van der Waals surface area contributed by atoms with E-state index in [-0.39, 0.29) is 27.7 Å². The highest BCUT2D eigenvalue weighted by Crippen LogP contribution is 2.31. The van der Waals surface area contributed by atoms with Crippen molar-refractivity contribution in [3.63, 3.8) is 0 Å². The van der Waals surface area contributed by atoms with Crippen LogP contribution in [-0.2, 0) is 28.2 Å². The number of sulfonamides is 1. The summed E-state index contributed by atoms with van der Waals surface area (Å²) in [5.74, 6) is 1.04. The Hall–Kier alpha value is -3.76. The number of nitrogens with zero attached hydrogens (tertiary/aromatic N) is 9. The number of hydrogen-bond donors (Lipinski definition) is 0. The van der Waals surface area contributed by atoms with E-state index in [1.807, 2.05) is 25.1 Å². The van der Waals surface area contributed by atoms with E-state index in [9.17, 15) is 13.2 Å². The average molecular weight is 652 g/mol. The molecule has 0 spiro atoms. The van der Waals surface area contributed by atoms with Gasteiger partial charge in [-0.25, -0.2) is 28.1 Å². The molecule has 0 radical (unpaired) electrons. The van der Waals surface area contributed by atoms with Crippen molar-refractivity contribution in [2.75, 3.05) is 72.2 Å². The molecular weight excluding hydrogens is 610 g/mol. The molecule has 2 fully saturated rings. The average Bonchev–Trinajstić information content (AvgIpc) is 3.45. The second-order valence-corrected chi connectivity index (χ2v) is 13.4. The van der Waals surface area contributed by atoms with Gasteiger partial charge in [0.15, 0.2) is 11.3 Å². The summed E-state index contributed by atoms with van der Waals surface area (Å²) in [4.78, 5) is 32.3. The first-order valence-corrected chi connectivity index (χ1v) is 17.3. The van der Waals surface area contributed by atoms with Crippen LogP contribution < -0.4 is 10.3 Å². The molecule has 6 rings (SSSR count). The highest BCUT2D eigenvalue weighted by molar-refractivity contribution is 7.89. The first kappa shape index (κ1) is 32.2. The van der Waals surface area contributed by atoms with Gasteiger partial charge in [-0.15, -0.1) is 0 Å². The molecule has 2 aliphatic rings. The number of piperazine rings is 1. The third-order valence-electron chi connectivity index (χ3n) is 8.58. The van der Waals surface area contributed by atoms with E-state index in [0.29, 0.717) is 75.9 Å². The van der Waals surface area contributed by atoms with Crippen molar-refractivity contribution in [3.05, 3.63) is 52.7 Å². The van der Waals surface area contributed by atoms with Gasteiger partial charge in [0.25, 0.3) is 5.56 Å². The van der Waals surface area contributed by atoms with E-state index in [1.54, 1.807) is 17.9 Å². The predicted molar refractivity (Wildman–Crippen MR) is 173 cm³/mol. The number of aryl methyl sites for hydroxylation is 1. The second-order valence-electron chi connectivity index (χ2n) is 11.5. The molecule has 2 aliphatic heterocycles. The van der Waals surface area contributed by atoms with Crippen LogP contribution in [0.2, 0.25) is 0 Å². The predicted octanol–water partition coefficient (Wildman–Crippen LogP) is 1.57. The normalized spacial score (nSPS) is 17.1. The molecular formula is C31H41N9O5S. The van der Waals surface area contributed by atoms with Crippen LogP contribution in [0.3, 0.4) is 0 Å². The molecule has 4 aromatic rings. The van der Waals surface area contributed by atoms with E-state index in [1.165, 1.54) is 21.1 Å². The number of pyridine rings is 2. The maximum atomic E-state index is 13.9. The summed E-state index contributed by atoms with van der Waals surface area (Å²) >= 11 is 0. The Morgan fingerprint density at radius 1 is 0.978 bits per heavy atom. The minimum absolute atomic E-state index is 0.0280. The second kappa shape index (κ2) is 13.9. The molecule has 0 unspecified atom stereocenters. The van der Waals surface area contributed by atoms with Gasteiger partial charge in [0, 0.05) is 59.1 Å². The summed E-state index contributed by atoms with van der Waals surface area (Å²) < 4.78 is 43.9. The summed E-state index contributed by atoms with van der Waals surface area (Å²) in [5.41, 5.74) is 1.35. The number of likely N-dealkylation sites (N-methyl/N-ethyl adjacent to an activating group) is 1. The molecule has 0 atom stereocenters. The zero-order chi connectivity index (χ0) is 32.3. The molecule has 4 aromatic heterocycles. The van der Waals surface area contributed by atoms with Gasteiger partial charge in [-0.2, -0.15) is 9.40 Å². The Kier molecular flexibility index (Phi) is 9.75. The number of morpholine rings is 1. The van der Waals surface area contributed by atoms with Gasteiger partial charge in [0.05, 0.1) is 30.7 Å². The van der Waals surface area contributed by atoms with Crippen LogP contribution in [0, 0.1) is 0 Å². The lowest BCUT2D eigenvalue weighted by molar-refractivity contribution is 0.0320. The van der Waals surface area contributed by atoms with Crippen LogP contribution >= 0.6 is 0 Å². The van der Waals surface area contributed by atoms with Crippen molar-refractivity contribution in [2.24, 2.45) is 7.05 Å². The lowest BCUT2D eigenvalue weighted by Gasteiger charge is -2.33. The van der Waals surface area contributed by atoms with Crippen molar-refractivity contribution < 1.29 is 17.9 Å². The highest BCUT2D eigenvalue weighted by Gasteiger charge is 2.30. The molecule has 0 N–H and O–H groups in total. The zero-order valence-electron chi connectivity index (χ0n) is 26.6. The highest BCUT2D eigenvalue weighted by atomic mass is 32.2. The van der Waals surface area contributed by atoms with Crippen LogP contribution in [0.4, 0.5) is 0 Å². The number of rotatable bonds is 11. The van der Waals surface area contributed by atoms with Gasteiger partial charge in [0.1, 0.15) is 22.8 Å². The van der Waals surface area contributed by atoms with E-state index in [4.69, 9.17) is 14.5 Å². The van der Waals surface area contributed by atoms with Crippen LogP contribution in [0.5, 0.6) is 5.88 Å². The first-order chi connectivity index (χ1) is 22.3. The van der Waals surface area contributed by atoms with Crippen molar-refractivity contribution in [3.8, 4) is 23.1 Å². The van der Waals surface area contributed by atoms with Gasteiger partial charge >= 0.3 is 0 Å². The van der Waals surface area contributed by atoms with Gasteiger partial charge in [0.2, 0.25) is 15.9 Å². The van der Waals surface area contributed by atoms with Crippen molar-refractivity contribution in [2.45, 2.75) is 31.6 Å². The number of hydrogen-bond acceptors (Lipinski definition) is 11. The van der Waals surface area contributed by atoms with Crippen LogP contribution in [0.15, 0.2) is 46.3 Å². The van der Waals surface area contributed by atoms with E-state index < -0.39 is 10.0 Å². The number of ether oxygens (including phenoxy) is 2. The lowest BCUT2D eigenvalue weighted by atomic mass is 10.2. The van der Waals surface area contributed by atoms with E-state index in [0.717, 1.165) is 31.7 Å². The zero-order valence-corrected chi connectivity index (χ0v) is 27.4. The molecule has 0 bridgehead atoms. The Balaban J connectivity index is 1.45. The molecule has 0 saturated carbocycles. The molecule has 0 aromatic carbocycles.